The number of aromatic nitrogens is 2. The Labute approximate surface area is 66.6 Å². The second kappa shape index (κ2) is 3.70. The maximum Gasteiger partial charge on any atom is 0.315 e. The minimum absolute atomic E-state index is 0.127. The van der Waals surface area contributed by atoms with E-state index in [0.29, 0.717) is 0 Å². The summed E-state index contributed by atoms with van der Waals surface area (Å²) in [5.41, 5.74) is -0.127. The fraction of sp³-hybridized carbons (Fsp3) is 0.167. The third-order valence-corrected chi connectivity index (χ3v) is 1.04. The van der Waals surface area contributed by atoms with Crippen molar-refractivity contribution in [3.8, 4) is 0 Å². The zero-order valence-corrected chi connectivity index (χ0v) is 5.87. The first-order valence-electron chi connectivity index (χ1n) is 3.05. The minimum atomic E-state index is -2.88. The first kappa shape index (κ1) is 8.51. The van der Waals surface area contributed by atoms with Crippen molar-refractivity contribution in [1.82, 2.24) is 15.3 Å². The molecule has 64 valence electrons. The Morgan fingerprint density at radius 1 is 1.50 bits per heavy atom. The Kier molecular flexibility index (Phi) is 2.62. The van der Waals surface area contributed by atoms with Gasteiger partial charge in [-0.05, 0) is 0 Å². The number of carbonyl (C=O) groups is 1. The zero-order chi connectivity index (χ0) is 8.97. The van der Waals surface area contributed by atoms with Crippen LogP contribution in [0.3, 0.4) is 0 Å². The second-order valence-corrected chi connectivity index (χ2v) is 1.86. The predicted molar refractivity (Wildman–Crippen MR) is 35.5 cm³/mol. The first-order valence-corrected chi connectivity index (χ1v) is 3.05. The quantitative estimate of drug-likeness (QED) is 0.660. The molecule has 0 saturated heterocycles. The van der Waals surface area contributed by atoms with Crippen LogP contribution in [0.5, 0.6) is 0 Å². The van der Waals surface area contributed by atoms with Crippen molar-refractivity contribution < 1.29 is 13.6 Å². The Morgan fingerprint density at radius 3 is 2.75 bits per heavy atom. The highest BCUT2D eigenvalue weighted by Crippen LogP contribution is 1.92. The van der Waals surface area contributed by atoms with E-state index in [0.717, 1.165) is 6.20 Å². The van der Waals surface area contributed by atoms with E-state index < -0.39 is 12.5 Å². The molecule has 0 spiro atoms. The van der Waals surface area contributed by atoms with Gasteiger partial charge in [-0.25, -0.2) is 4.98 Å². The lowest BCUT2D eigenvalue weighted by molar-refractivity contribution is 0.0694. The van der Waals surface area contributed by atoms with Crippen molar-refractivity contribution in [2.75, 3.05) is 0 Å². The summed E-state index contributed by atoms with van der Waals surface area (Å²) in [6.45, 7) is -2.88. The average molecular weight is 173 g/mol. The highest BCUT2D eigenvalue weighted by Gasteiger charge is 2.10. The number of hydrogen-bond acceptors (Lipinski definition) is 3. The van der Waals surface area contributed by atoms with Crippen molar-refractivity contribution in [1.29, 1.82) is 0 Å². The molecule has 1 amide bonds. The van der Waals surface area contributed by atoms with Gasteiger partial charge in [-0.3, -0.25) is 15.1 Å². The van der Waals surface area contributed by atoms with Crippen molar-refractivity contribution in [2.24, 2.45) is 0 Å². The van der Waals surface area contributed by atoms with E-state index in [1.807, 2.05) is 0 Å². The molecule has 0 unspecified atom stereocenters. The van der Waals surface area contributed by atoms with Crippen molar-refractivity contribution in [3.05, 3.63) is 24.3 Å². The SMILES string of the molecule is O=C(NC(F)F)c1cnccn1. The van der Waals surface area contributed by atoms with Gasteiger partial charge < -0.3 is 0 Å². The molecule has 0 aliphatic carbocycles. The molecule has 1 N–H and O–H groups in total. The summed E-state index contributed by atoms with van der Waals surface area (Å²) >= 11 is 0. The van der Waals surface area contributed by atoms with Gasteiger partial charge in [0, 0.05) is 12.4 Å². The Hall–Kier alpha value is -1.59. The summed E-state index contributed by atoms with van der Waals surface area (Å²) in [5, 5.41) is 1.38. The van der Waals surface area contributed by atoms with Crippen molar-refractivity contribution in [2.45, 2.75) is 6.55 Å². The molecule has 1 aromatic rings. The van der Waals surface area contributed by atoms with Gasteiger partial charge in [-0.15, -0.1) is 0 Å². The van der Waals surface area contributed by atoms with Gasteiger partial charge in [-0.1, -0.05) is 0 Å². The van der Waals surface area contributed by atoms with Crippen molar-refractivity contribution in [3.63, 3.8) is 0 Å². The fourth-order valence-electron chi connectivity index (χ4n) is 0.589. The van der Waals surface area contributed by atoms with E-state index in [1.165, 1.54) is 17.7 Å². The summed E-state index contributed by atoms with van der Waals surface area (Å²) in [6, 6.07) is 0. The maximum atomic E-state index is 11.6. The lowest BCUT2D eigenvalue weighted by Crippen LogP contribution is -2.29. The molecule has 4 nitrogen and oxygen atoms in total. The van der Waals surface area contributed by atoms with Crippen LogP contribution in [-0.2, 0) is 0 Å². The summed E-state index contributed by atoms with van der Waals surface area (Å²) in [6.07, 6.45) is 3.71. The molecule has 0 fully saturated rings. The second-order valence-electron chi connectivity index (χ2n) is 1.86. The van der Waals surface area contributed by atoms with E-state index in [9.17, 15) is 13.6 Å². The third-order valence-electron chi connectivity index (χ3n) is 1.04. The molecule has 0 atom stereocenters. The first-order chi connectivity index (χ1) is 5.70. The van der Waals surface area contributed by atoms with Gasteiger partial charge in [0.1, 0.15) is 5.69 Å². The largest absolute Gasteiger partial charge is 0.315 e. The van der Waals surface area contributed by atoms with E-state index in [-0.39, 0.29) is 5.69 Å². The number of carbonyl (C=O) groups excluding carboxylic acids is 1. The molecule has 0 aromatic carbocycles. The van der Waals surface area contributed by atoms with E-state index in [1.54, 1.807) is 0 Å². The van der Waals surface area contributed by atoms with Crippen LogP contribution in [0.25, 0.3) is 0 Å². The molecule has 0 radical (unpaired) electrons. The van der Waals surface area contributed by atoms with Gasteiger partial charge in [0.2, 0.25) is 0 Å². The molecule has 12 heavy (non-hydrogen) atoms. The van der Waals surface area contributed by atoms with Crippen molar-refractivity contribution >= 4 is 5.91 Å². The number of amides is 1. The topological polar surface area (TPSA) is 54.9 Å². The third kappa shape index (κ3) is 2.22. The van der Waals surface area contributed by atoms with Gasteiger partial charge in [0.25, 0.3) is 5.91 Å². The smallest absolute Gasteiger partial charge is 0.295 e. The summed E-state index contributed by atoms with van der Waals surface area (Å²) < 4.78 is 23.2. The van der Waals surface area contributed by atoms with E-state index >= 15 is 0 Å². The summed E-state index contributed by atoms with van der Waals surface area (Å²) in [7, 11) is 0. The fourth-order valence-corrected chi connectivity index (χ4v) is 0.589. The standard InChI is InChI=1S/C6H5F2N3O/c7-6(8)11-5(12)4-3-9-1-2-10-4/h1-3,6H,(H,11,12). The molecule has 0 saturated carbocycles. The molecule has 1 rings (SSSR count). The van der Waals surface area contributed by atoms with Crippen LogP contribution in [0.4, 0.5) is 8.78 Å². The van der Waals surface area contributed by atoms with E-state index in [2.05, 4.69) is 9.97 Å². The number of rotatable bonds is 2. The highest BCUT2D eigenvalue weighted by atomic mass is 19.3. The molecular weight excluding hydrogens is 168 g/mol. The van der Waals surface area contributed by atoms with Crippen LogP contribution in [0, 0.1) is 0 Å². The average Bonchev–Trinajstić information content (AvgIpc) is 2.05. The number of alkyl halides is 2. The van der Waals surface area contributed by atoms with Crippen LogP contribution in [-0.4, -0.2) is 22.4 Å². The molecule has 0 bridgehead atoms. The zero-order valence-electron chi connectivity index (χ0n) is 5.87. The molecule has 1 heterocycles. The number of nitrogens with one attached hydrogen (secondary N) is 1. The molecule has 0 aliphatic rings. The molecule has 1 aromatic heterocycles. The van der Waals surface area contributed by atoms with Crippen LogP contribution in [0.2, 0.25) is 0 Å². The van der Waals surface area contributed by atoms with E-state index in [4.69, 9.17) is 0 Å². The lowest BCUT2D eigenvalue weighted by atomic mass is 10.4. The van der Waals surface area contributed by atoms with Gasteiger partial charge >= 0.3 is 6.55 Å². The van der Waals surface area contributed by atoms with Crippen LogP contribution < -0.4 is 5.32 Å². The predicted octanol–water partition coefficient (Wildman–Crippen LogP) is 0.429. The number of nitrogens with zero attached hydrogens (tertiary/aromatic N) is 2. The highest BCUT2D eigenvalue weighted by molar-refractivity contribution is 5.91. The number of hydrogen-bond donors (Lipinski definition) is 1. The summed E-state index contributed by atoms with van der Waals surface area (Å²) in [4.78, 5) is 17.8. The van der Waals surface area contributed by atoms with Crippen LogP contribution in [0.1, 0.15) is 10.5 Å². The molecule has 6 heteroatoms. The summed E-state index contributed by atoms with van der Waals surface area (Å²) in [5.74, 6) is -0.932. The van der Waals surface area contributed by atoms with Gasteiger partial charge in [-0.2, -0.15) is 8.78 Å². The van der Waals surface area contributed by atoms with Crippen LogP contribution in [0.15, 0.2) is 18.6 Å². The van der Waals surface area contributed by atoms with Gasteiger partial charge in [0.05, 0.1) is 6.20 Å². The van der Waals surface area contributed by atoms with Gasteiger partial charge in [0.15, 0.2) is 0 Å². The monoisotopic (exact) mass is 173 g/mol. The lowest BCUT2D eigenvalue weighted by Gasteiger charge is -2.00. The minimum Gasteiger partial charge on any atom is -0.295 e. The molecule has 0 aliphatic heterocycles. The number of halogens is 2. The normalized spacial score (nSPS) is 9.92. The van der Waals surface area contributed by atoms with Crippen LogP contribution >= 0.6 is 0 Å². The Bertz CT molecular complexity index is 265. The molecular formula is C6H5F2N3O. The Balaban J connectivity index is 2.66. The Morgan fingerprint density at radius 2 is 2.25 bits per heavy atom. The maximum absolute atomic E-state index is 11.6.